The van der Waals surface area contributed by atoms with Crippen LogP contribution in [0, 0.1) is 5.92 Å². The predicted octanol–water partition coefficient (Wildman–Crippen LogP) is 1.93. The summed E-state index contributed by atoms with van der Waals surface area (Å²) in [6.07, 6.45) is 7.81. The summed E-state index contributed by atoms with van der Waals surface area (Å²) < 4.78 is 4.96. The van der Waals surface area contributed by atoms with Gasteiger partial charge in [0.25, 0.3) is 0 Å². The van der Waals surface area contributed by atoms with Gasteiger partial charge in [-0.2, -0.15) is 0 Å². The van der Waals surface area contributed by atoms with E-state index in [1.807, 2.05) is 0 Å². The van der Waals surface area contributed by atoms with Gasteiger partial charge < -0.3 is 10.3 Å². The number of hydrogen-bond acceptors (Lipinski definition) is 5. The molecule has 0 aliphatic heterocycles. The number of aromatic nitrogens is 3. The van der Waals surface area contributed by atoms with Gasteiger partial charge in [0.05, 0.1) is 6.20 Å². The first kappa shape index (κ1) is 9.57. The van der Waals surface area contributed by atoms with Crippen LogP contribution in [-0.4, -0.2) is 15.1 Å². The Morgan fingerprint density at radius 1 is 1.44 bits per heavy atom. The van der Waals surface area contributed by atoms with Gasteiger partial charge in [-0.15, -0.1) is 0 Å². The van der Waals surface area contributed by atoms with Crippen LogP contribution in [0.4, 0.5) is 5.82 Å². The van der Waals surface area contributed by atoms with E-state index in [9.17, 15) is 0 Å². The Hall–Kier alpha value is -1.65. The third-order valence-corrected chi connectivity index (χ3v) is 3.00. The molecule has 2 aromatic rings. The van der Waals surface area contributed by atoms with Crippen LogP contribution in [0.25, 0.3) is 11.1 Å². The highest BCUT2D eigenvalue weighted by molar-refractivity contribution is 5.81. The molecule has 1 aliphatic carbocycles. The van der Waals surface area contributed by atoms with Gasteiger partial charge in [-0.1, -0.05) is 24.4 Å². The number of anilines is 1. The number of rotatable bonds is 4. The van der Waals surface area contributed by atoms with Gasteiger partial charge in [0, 0.05) is 6.42 Å². The summed E-state index contributed by atoms with van der Waals surface area (Å²) in [5.41, 5.74) is 6.83. The monoisotopic (exact) mass is 218 g/mol. The molecule has 0 atom stereocenters. The standard InChI is InChI=1S/C11H14N4O/c12-11-10-8(16-15-11)6-13-9(14-10)3-1-2-7-4-5-7/h6-7H,1-5H2,(H2,12,15). The molecule has 2 aromatic heterocycles. The van der Waals surface area contributed by atoms with E-state index in [1.165, 1.54) is 19.3 Å². The van der Waals surface area contributed by atoms with Gasteiger partial charge in [-0.3, -0.25) is 0 Å². The smallest absolute Gasteiger partial charge is 0.205 e. The van der Waals surface area contributed by atoms with E-state index in [4.69, 9.17) is 10.3 Å². The van der Waals surface area contributed by atoms with Crippen molar-refractivity contribution >= 4 is 16.9 Å². The van der Waals surface area contributed by atoms with Crippen molar-refractivity contribution in [3.05, 3.63) is 12.0 Å². The third kappa shape index (κ3) is 1.85. The average molecular weight is 218 g/mol. The van der Waals surface area contributed by atoms with Gasteiger partial charge in [-0.05, 0) is 12.3 Å². The molecule has 0 saturated heterocycles. The Labute approximate surface area is 93.0 Å². The molecular weight excluding hydrogens is 204 g/mol. The highest BCUT2D eigenvalue weighted by Gasteiger charge is 2.20. The Balaban J connectivity index is 1.72. The normalized spacial score (nSPS) is 15.8. The van der Waals surface area contributed by atoms with Gasteiger partial charge in [0.1, 0.15) is 5.82 Å². The quantitative estimate of drug-likeness (QED) is 0.848. The molecule has 0 radical (unpaired) electrons. The maximum Gasteiger partial charge on any atom is 0.205 e. The van der Waals surface area contributed by atoms with E-state index < -0.39 is 0 Å². The lowest BCUT2D eigenvalue weighted by molar-refractivity contribution is 0.459. The molecule has 16 heavy (non-hydrogen) atoms. The molecule has 0 spiro atoms. The Morgan fingerprint density at radius 3 is 3.12 bits per heavy atom. The van der Waals surface area contributed by atoms with Crippen LogP contribution in [0.5, 0.6) is 0 Å². The van der Waals surface area contributed by atoms with Crippen molar-refractivity contribution in [2.45, 2.75) is 32.1 Å². The molecule has 0 unspecified atom stereocenters. The first-order valence-corrected chi connectivity index (χ1v) is 5.69. The fourth-order valence-electron chi connectivity index (χ4n) is 1.88. The van der Waals surface area contributed by atoms with Crippen LogP contribution in [0.3, 0.4) is 0 Å². The van der Waals surface area contributed by atoms with Crippen molar-refractivity contribution in [2.75, 3.05) is 5.73 Å². The van der Waals surface area contributed by atoms with Gasteiger partial charge >= 0.3 is 0 Å². The first-order valence-electron chi connectivity index (χ1n) is 5.69. The van der Waals surface area contributed by atoms with Gasteiger partial charge in [0.2, 0.25) is 5.58 Å². The Kier molecular flexibility index (Phi) is 2.23. The number of nitrogens with two attached hydrogens (primary N) is 1. The molecule has 84 valence electrons. The number of fused-ring (bicyclic) bond motifs is 1. The fourth-order valence-corrected chi connectivity index (χ4v) is 1.88. The van der Waals surface area contributed by atoms with Gasteiger partial charge in [0.15, 0.2) is 11.3 Å². The summed E-state index contributed by atoms with van der Waals surface area (Å²) in [4.78, 5) is 8.60. The maximum absolute atomic E-state index is 5.64. The Morgan fingerprint density at radius 2 is 2.31 bits per heavy atom. The lowest BCUT2D eigenvalue weighted by Gasteiger charge is -1.98. The van der Waals surface area contributed by atoms with Crippen molar-refractivity contribution in [3.63, 3.8) is 0 Å². The molecule has 0 aromatic carbocycles. The zero-order chi connectivity index (χ0) is 11.0. The van der Waals surface area contributed by atoms with Crippen LogP contribution >= 0.6 is 0 Å². The van der Waals surface area contributed by atoms with E-state index in [-0.39, 0.29) is 0 Å². The number of hydrogen-bond donors (Lipinski definition) is 1. The molecule has 2 N–H and O–H groups in total. The minimum absolute atomic E-state index is 0.348. The molecule has 0 bridgehead atoms. The zero-order valence-corrected chi connectivity index (χ0v) is 9.02. The summed E-state index contributed by atoms with van der Waals surface area (Å²) in [5, 5.41) is 3.66. The van der Waals surface area contributed by atoms with Crippen molar-refractivity contribution in [1.82, 2.24) is 15.1 Å². The second-order valence-electron chi connectivity index (χ2n) is 4.40. The van der Waals surface area contributed by atoms with Crippen LogP contribution in [0.2, 0.25) is 0 Å². The van der Waals surface area contributed by atoms with Crippen molar-refractivity contribution in [1.29, 1.82) is 0 Å². The highest BCUT2D eigenvalue weighted by Crippen LogP contribution is 2.33. The lowest BCUT2D eigenvalue weighted by atomic mass is 10.2. The number of aryl methyl sites for hydroxylation is 1. The summed E-state index contributed by atoms with van der Waals surface area (Å²) in [5.74, 6) is 2.15. The van der Waals surface area contributed by atoms with E-state index in [0.717, 1.165) is 24.6 Å². The van der Waals surface area contributed by atoms with E-state index in [0.29, 0.717) is 16.9 Å². The molecule has 0 amide bonds. The largest absolute Gasteiger partial charge is 0.379 e. The van der Waals surface area contributed by atoms with E-state index in [2.05, 4.69) is 15.1 Å². The summed E-state index contributed by atoms with van der Waals surface area (Å²) >= 11 is 0. The number of nitrogen functional groups attached to an aromatic ring is 1. The molecule has 1 saturated carbocycles. The summed E-state index contributed by atoms with van der Waals surface area (Å²) in [6.45, 7) is 0. The zero-order valence-electron chi connectivity index (χ0n) is 9.02. The van der Waals surface area contributed by atoms with Crippen LogP contribution < -0.4 is 5.73 Å². The molecular formula is C11H14N4O. The van der Waals surface area contributed by atoms with Crippen LogP contribution in [0.15, 0.2) is 10.7 Å². The topological polar surface area (TPSA) is 77.8 Å². The van der Waals surface area contributed by atoms with Crippen molar-refractivity contribution in [3.8, 4) is 0 Å². The molecule has 1 aliphatic rings. The van der Waals surface area contributed by atoms with E-state index >= 15 is 0 Å². The molecule has 1 fully saturated rings. The predicted molar refractivity (Wildman–Crippen MR) is 59.7 cm³/mol. The van der Waals surface area contributed by atoms with Crippen molar-refractivity contribution in [2.24, 2.45) is 5.92 Å². The van der Waals surface area contributed by atoms with Gasteiger partial charge in [-0.25, -0.2) is 9.97 Å². The minimum Gasteiger partial charge on any atom is -0.379 e. The van der Waals surface area contributed by atoms with Crippen molar-refractivity contribution < 1.29 is 4.52 Å². The average Bonchev–Trinajstić information content (AvgIpc) is 3.04. The lowest BCUT2D eigenvalue weighted by Crippen LogP contribution is -1.96. The SMILES string of the molecule is Nc1noc2cnc(CCCC3CC3)nc12. The molecule has 2 heterocycles. The molecule has 5 heteroatoms. The second-order valence-corrected chi connectivity index (χ2v) is 4.40. The summed E-state index contributed by atoms with van der Waals surface area (Å²) in [7, 11) is 0. The third-order valence-electron chi connectivity index (χ3n) is 3.00. The van der Waals surface area contributed by atoms with Crippen LogP contribution in [0.1, 0.15) is 31.5 Å². The van der Waals surface area contributed by atoms with E-state index in [1.54, 1.807) is 6.20 Å². The Bertz CT molecular complexity index is 504. The number of nitrogens with zero attached hydrogens (tertiary/aromatic N) is 3. The van der Waals surface area contributed by atoms with Crippen LogP contribution in [-0.2, 0) is 6.42 Å². The maximum atomic E-state index is 5.64. The molecule has 3 rings (SSSR count). The second kappa shape index (κ2) is 3.73. The fraction of sp³-hybridized carbons (Fsp3) is 0.545. The first-order chi connectivity index (χ1) is 7.83. The summed E-state index contributed by atoms with van der Waals surface area (Å²) in [6, 6.07) is 0. The molecule has 5 nitrogen and oxygen atoms in total. The highest BCUT2D eigenvalue weighted by atomic mass is 16.5. The minimum atomic E-state index is 0.348.